The van der Waals surface area contributed by atoms with Crippen LogP contribution in [0, 0.1) is 13.8 Å². The molecule has 0 radical (unpaired) electrons. The Morgan fingerprint density at radius 3 is 2.53 bits per heavy atom. The molecule has 6 nitrogen and oxygen atoms in total. The molecule has 0 aliphatic carbocycles. The molecule has 30 heavy (non-hydrogen) atoms. The predicted octanol–water partition coefficient (Wildman–Crippen LogP) is 3.80. The number of aliphatic hydroxyl groups is 1. The van der Waals surface area contributed by atoms with Crippen LogP contribution in [-0.4, -0.2) is 36.9 Å². The summed E-state index contributed by atoms with van der Waals surface area (Å²) in [5.74, 6) is 1.97. The van der Waals surface area contributed by atoms with Crippen molar-refractivity contribution in [1.82, 2.24) is 10.6 Å². The van der Waals surface area contributed by atoms with Crippen molar-refractivity contribution in [2.75, 3.05) is 19.7 Å². The van der Waals surface area contributed by atoms with Gasteiger partial charge in [-0.15, -0.1) is 0 Å². The first-order chi connectivity index (χ1) is 14.0. The molecule has 1 aromatic heterocycles. The Labute approximate surface area is 174 Å². The number of hydrogen-bond donors (Lipinski definition) is 3. The highest BCUT2D eigenvalue weighted by Gasteiger charge is 2.29. The van der Waals surface area contributed by atoms with E-state index < -0.39 is 18.4 Å². The average Bonchev–Trinajstić information content (AvgIpc) is 3.01. The van der Waals surface area contributed by atoms with Gasteiger partial charge < -0.3 is 24.9 Å². The Balaban J connectivity index is 2.03. The highest BCUT2D eigenvalue weighted by molar-refractivity contribution is 5.79. The maximum Gasteiger partial charge on any atom is 0.422 e. The van der Waals surface area contributed by atoms with Crippen LogP contribution in [0.5, 0.6) is 5.75 Å². The van der Waals surface area contributed by atoms with Crippen molar-refractivity contribution in [3.05, 3.63) is 53.0 Å². The second kappa shape index (κ2) is 9.88. The molecule has 2 rings (SSSR count). The van der Waals surface area contributed by atoms with E-state index in [-0.39, 0.29) is 18.8 Å². The first kappa shape index (κ1) is 23.6. The van der Waals surface area contributed by atoms with E-state index in [1.807, 2.05) is 13.8 Å². The summed E-state index contributed by atoms with van der Waals surface area (Å²) in [4.78, 5) is 4.44. The standard InChI is InChI=1S/C21H28F3N3O3/c1-5-25-19(27-12-20(4,28)18-9-14(2)30-15(18)3)26-11-16-7-6-8-17(10-16)29-13-21(22,23)24/h6-10,28H,5,11-13H2,1-4H3,(H2,25,26,27). The molecule has 1 heterocycles. The third kappa shape index (κ3) is 7.29. The topological polar surface area (TPSA) is 79.0 Å². The molecule has 0 aliphatic rings. The summed E-state index contributed by atoms with van der Waals surface area (Å²) in [6, 6.07) is 8.15. The number of furan rings is 1. The number of rotatable bonds is 8. The monoisotopic (exact) mass is 427 g/mol. The summed E-state index contributed by atoms with van der Waals surface area (Å²) in [6.45, 7) is 6.88. The van der Waals surface area contributed by atoms with Crippen LogP contribution < -0.4 is 15.4 Å². The second-order valence-electron chi connectivity index (χ2n) is 7.20. The molecule has 1 aromatic carbocycles. The van der Waals surface area contributed by atoms with E-state index in [1.54, 1.807) is 32.0 Å². The van der Waals surface area contributed by atoms with E-state index >= 15 is 0 Å². The van der Waals surface area contributed by atoms with Crippen LogP contribution in [0.4, 0.5) is 13.2 Å². The smallest absolute Gasteiger partial charge is 0.422 e. The fourth-order valence-corrected chi connectivity index (χ4v) is 2.93. The van der Waals surface area contributed by atoms with Crippen molar-refractivity contribution in [2.24, 2.45) is 4.99 Å². The zero-order valence-corrected chi connectivity index (χ0v) is 17.6. The maximum atomic E-state index is 12.3. The van der Waals surface area contributed by atoms with E-state index in [9.17, 15) is 18.3 Å². The highest BCUT2D eigenvalue weighted by atomic mass is 19.4. The predicted molar refractivity (Wildman–Crippen MR) is 109 cm³/mol. The summed E-state index contributed by atoms with van der Waals surface area (Å²) in [5.41, 5.74) is 0.210. The molecule has 0 aliphatic heterocycles. The SMILES string of the molecule is CCNC(=NCc1cccc(OCC(F)(F)F)c1)NCC(C)(O)c1cc(C)oc1C. The quantitative estimate of drug-likeness (QED) is 0.441. The van der Waals surface area contributed by atoms with E-state index in [1.165, 1.54) is 12.1 Å². The molecule has 9 heteroatoms. The van der Waals surface area contributed by atoms with Gasteiger partial charge in [0.2, 0.25) is 0 Å². The number of hydrogen-bond acceptors (Lipinski definition) is 4. The number of guanidine groups is 1. The Kier molecular flexibility index (Phi) is 7.77. The van der Waals surface area contributed by atoms with E-state index in [0.29, 0.717) is 29.4 Å². The van der Waals surface area contributed by atoms with Crippen LogP contribution in [0.2, 0.25) is 0 Å². The zero-order chi connectivity index (χ0) is 22.4. The van der Waals surface area contributed by atoms with Gasteiger partial charge in [-0.25, -0.2) is 4.99 Å². The van der Waals surface area contributed by atoms with Crippen molar-refractivity contribution in [2.45, 2.75) is 46.0 Å². The Morgan fingerprint density at radius 2 is 1.93 bits per heavy atom. The molecule has 1 atom stereocenters. The van der Waals surface area contributed by atoms with Crippen molar-refractivity contribution in [3.63, 3.8) is 0 Å². The summed E-state index contributed by atoms with van der Waals surface area (Å²) >= 11 is 0. The van der Waals surface area contributed by atoms with Gasteiger partial charge in [0.25, 0.3) is 0 Å². The Bertz CT molecular complexity index is 861. The van der Waals surface area contributed by atoms with Crippen LogP contribution in [0.3, 0.4) is 0 Å². The van der Waals surface area contributed by atoms with E-state index in [2.05, 4.69) is 15.6 Å². The lowest BCUT2D eigenvalue weighted by Gasteiger charge is -2.24. The van der Waals surface area contributed by atoms with Gasteiger partial charge in [0.05, 0.1) is 13.1 Å². The average molecular weight is 427 g/mol. The Morgan fingerprint density at radius 1 is 1.20 bits per heavy atom. The van der Waals surface area contributed by atoms with Crippen LogP contribution >= 0.6 is 0 Å². The van der Waals surface area contributed by atoms with Crippen LogP contribution in [0.25, 0.3) is 0 Å². The van der Waals surface area contributed by atoms with Crippen LogP contribution in [0.1, 0.15) is 36.5 Å². The number of halogens is 3. The molecular formula is C21H28F3N3O3. The van der Waals surface area contributed by atoms with Gasteiger partial charge in [-0.1, -0.05) is 12.1 Å². The minimum atomic E-state index is -4.39. The van der Waals surface area contributed by atoms with Gasteiger partial charge in [-0.05, 0) is 51.5 Å². The molecule has 1 unspecified atom stereocenters. The number of benzene rings is 1. The summed E-state index contributed by atoms with van der Waals surface area (Å²) in [5, 5.41) is 17.0. The van der Waals surface area contributed by atoms with Crippen molar-refractivity contribution >= 4 is 5.96 Å². The summed E-state index contributed by atoms with van der Waals surface area (Å²) in [6.07, 6.45) is -4.39. The summed E-state index contributed by atoms with van der Waals surface area (Å²) in [7, 11) is 0. The minimum Gasteiger partial charge on any atom is -0.484 e. The largest absolute Gasteiger partial charge is 0.484 e. The van der Waals surface area contributed by atoms with Crippen molar-refractivity contribution < 1.29 is 27.4 Å². The molecule has 0 amide bonds. The van der Waals surface area contributed by atoms with Crippen LogP contribution in [0.15, 0.2) is 39.7 Å². The molecule has 3 N–H and O–H groups in total. The first-order valence-electron chi connectivity index (χ1n) is 9.61. The van der Waals surface area contributed by atoms with Gasteiger partial charge in [-0.2, -0.15) is 13.2 Å². The zero-order valence-electron chi connectivity index (χ0n) is 17.6. The van der Waals surface area contributed by atoms with Gasteiger partial charge >= 0.3 is 6.18 Å². The minimum absolute atomic E-state index is 0.131. The second-order valence-corrected chi connectivity index (χ2v) is 7.20. The van der Waals surface area contributed by atoms with E-state index in [4.69, 9.17) is 9.15 Å². The number of ether oxygens (including phenoxy) is 1. The molecule has 0 saturated carbocycles. The highest BCUT2D eigenvalue weighted by Crippen LogP contribution is 2.26. The fourth-order valence-electron chi connectivity index (χ4n) is 2.93. The summed E-state index contributed by atoms with van der Waals surface area (Å²) < 4.78 is 47.2. The van der Waals surface area contributed by atoms with Gasteiger partial charge in [0.15, 0.2) is 12.6 Å². The lowest BCUT2D eigenvalue weighted by atomic mass is 9.96. The number of nitrogens with one attached hydrogen (secondary N) is 2. The molecule has 0 saturated heterocycles. The first-order valence-corrected chi connectivity index (χ1v) is 9.61. The molecule has 0 bridgehead atoms. The van der Waals surface area contributed by atoms with Crippen molar-refractivity contribution in [1.29, 1.82) is 0 Å². The third-order valence-electron chi connectivity index (χ3n) is 4.29. The van der Waals surface area contributed by atoms with Gasteiger partial charge in [-0.3, -0.25) is 0 Å². The molecule has 2 aromatic rings. The lowest BCUT2D eigenvalue weighted by molar-refractivity contribution is -0.153. The number of aryl methyl sites for hydroxylation is 2. The third-order valence-corrected chi connectivity index (χ3v) is 4.29. The molecule has 0 fully saturated rings. The van der Waals surface area contributed by atoms with Gasteiger partial charge in [0.1, 0.15) is 22.9 Å². The molecule has 166 valence electrons. The van der Waals surface area contributed by atoms with Crippen LogP contribution in [-0.2, 0) is 12.1 Å². The number of nitrogens with zero attached hydrogens (tertiary/aromatic N) is 1. The Hall–Kier alpha value is -2.68. The molecular weight excluding hydrogens is 399 g/mol. The fraction of sp³-hybridized carbons (Fsp3) is 0.476. The van der Waals surface area contributed by atoms with Gasteiger partial charge in [0, 0.05) is 12.1 Å². The normalized spacial score (nSPS) is 14.3. The number of aliphatic imine (C=N–C) groups is 1. The van der Waals surface area contributed by atoms with Crippen molar-refractivity contribution in [3.8, 4) is 5.75 Å². The number of alkyl halides is 3. The maximum absolute atomic E-state index is 12.3. The van der Waals surface area contributed by atoms with E-state index in [0.717, 1.165) is 5.76 Å². The molecule has 0 spiro atoms. The lowest BCUT2D eigenvalue weighted by Crippen LogP contribution is -2.44.